The van der Waals surface area contributed by atoms with Crippen LogP contribution in [-0.2, 0) is 14.3 Å². The molecule has 4 atom stereocenters. The predicted molar refractivity (Wildman–Crippen MR) is 105 cm³/mol. The van der Waals surface area contributed by atoms with Gasteiger partial charge in [0.15, 0.2) is 0 Å². The number of hydrogen-bond donors (Lipinski definition) is 4. The molecule has 2 aliphatic carbocycles. The molecule has 28 heavy (non-hydrogen) atoms. The highest BCUT2D eigenvalue weighted by molar-refractivity contribution is 5.72. The van der Waals surface area contributed by atoms with E-state index in [1.54, 1.807) is 0 Å². The van der Waals surface area contributed by atoms with Crippen molar-refractivity contribution < 1.29 is 34.7 Å². The molecule has 0 aliphatic heterocycles. The van der Waals surface area contributed by atoms with E-state index in [0.717, 1.165) is 12.8 Å². The van der Waals surface area contributed by atoms with Crippen LogP contribution in [0.25, 0.3) is 0 Å². The van der Waals surface area contributed by atoms with Crippen LogP contribution in [0.2, 0.25) is 0 Å². The fraction of sp³-hybridized carbons (Fsp3) is 0.857. The molecule has 0 spiro atoms. The number of fused-ring (bicyclic) bond motifs is 2. The summed E-state index contributed by atoms with van der Waals surface area (Å²) >= 11 is 0. The Balaban J connectivity index is 0.00000190. The van der Waals surface area contributed by atoms with Crippen LogP contribution in [0, 0.1) is 23.7 Å². The summed E-state index contributed by atoms with van der Waals surface area (Å²) in [4.78, 5) is 11.8. The molecule has 0 aromatic carbocycles. The fourth-order valence-electron chi connectivity index (χ4n) is 4.11. The van der Waals surface area contributed by atoms with Crippen molar-refractivity contribution in [1.29, 1.82) is 0 Å². The summed E-state index contributed by atoms with van der Waals surface area (Å²) < 4.78 is 11.4. The van der Waals surface area contributed by atoms with Crippen LogP contribution < -0.4 is 0 Å². The Morgan fingerprint density at radius 1 is 0.929 bits per heavy atom. The Morgan fingerprint density at radius 3 is 1.89 bits per heavy atom. The molecule has 0 amide bonds. The zero-order valence-corrected chi connectivity index (χ0v) is 17.3. The third-order valence-electron chi connectivity index (χ3n) is 5.39. The highest BCUT2D eigenvalue weighted by Gasteiger charge is 2.58. The van der Waals surface area contributed by atoms with Crippen LogP contribution in [0.3, 0.4) is 0 Å². The molecule has 7 heteroatoms. The third-order valence-corrected chi connectivity index (χ3v) is 5.39. The number of carboxylic acid groups (broad SMARTS) is 1. The van der Waals surface area contributed by atoms with Crippen molar-refractivity contribution in [2.75, 3.05) is 26.4 Å². The Labute approximate surface area is 168 Å². The summed E-state index contributed by atoms with van der Waals surface area (Å²) in [5.74, 6) is -4.37. The summed E-state index contributed by atoms with van der Waals surface area (Å²) in [6, 6.07) is 0. The van der Waals surface area contributed by atoms with Gasteiger partial charge in [0.25, 0.3) is 5.97 Å². The number of aliphatic hydroxyl groups excluding tert-OH is 2. The fourth-order valence-corrected chi connectivity index (χ4v) is 4.11. The second-order valence-corrected chi connectivity index (χ2v) is 7.23. The number of unbranched alkanes of at least 4 members (excludes halogenated alkanes) is 4. The molecule has 2 bridgehead atoms. The molecular weight excluding hydrogens is 364 g/mol. The standard InChI is InChI=1S/C19H32O7.C2H6/c20-9-3-1-5-11-25-19(24,26-12-6-2-4-10-21)17-15-8-7-14(13-15)16(17)18(22)23;1-2/h7-8,14-17,20-21,24H,1-6,9-13H2,(H,22,23);1-2H3. The second kappa shape index (κ2) is 13.3. The predicted octanol–water partition coefficient (Wildman–Crippen LogP) is 2.54. The lowest BCUT2D eigenvalue weighted by Crippen LogP contribution is -2.50. The minimum Gasteiger partial charge on any atom is -0.481 e. The molecule has 2 aliphatic rings. The van der Waals surface area contributed by atoms with E-state index in [1.807, 2.05) is 26.0 Å². The molecule has 7 nitrogen and oxygen atoms in total. The van der Waals surface area contributed by atoms with Gasteiger partial charge < -0.3 is 29.9 Å². The zero-order valence-electron chi connectivity index (χ0n) is 17.3. The Kier molecular flexibility index (Phi) is 11.9. The quantitative estimate of drug-likeness (QED) is 0.200. The zero-order chi connectivity index (χ0) is 21.0. The largest absolute Gasteiger partial charge is 0.481 e. The van der Waals surface area contributed by atoms with Crippen molar-refractivity contribution >= 4 is 5.97 Å². The number of rotatable bonds is 14. The molecule has 1 saturated carbocycles. The van der Waals surface area contributed by atoms with E-state index in [-0.39, 0.29) is 38.3 Å². The second-order valence-electron chi connectivity index (χ2n) is 7.23. The number of carboxylic acids is 1. The van der Waals surface area contributed by atoms with Crippen molar-refractivity contribution in [1.82, 2.24) is 0 Å². The lowest BCUT2D eigenvalue weighted by molar-refractivity contribution is -0.394. The van der Waals surface area contributed by atoms with Gasteiger partial charge in [0, 0.05) is 13.2 Å². The first kappa shape index (κ1) is 25.0. The van der Waals surface area contributed by atoms with Crippen molar-refractivity contribution in [2.24, 2.45) is 23.7 Å². The van der Waals surface area contributed by atoms with Crippen molar-refractivity contribution in [3.05, 3.63) is 12.2 Å². The highest BCUT2D eigenvalue weighted by Crippen LogP contribution is 2.53. The first-order chi connectivity index (χ1) is 13.5. The Morgan fingerprint density at radius 2 is 1.43 bits per heavy atom. The van der Waals surface area contributed by atoms with E-state index in [1.165, 1.54) is 0 Å². The molecule has 0 heterocycles. The van der Waals surface area contributed by atoms with Crippen LogP contribution in [0.1, 0.15) is 58.8 Å². The lowest BCUT2D eigenvalue weighted by Gasteiger charge is -2.39. The summed E-state index contributed by atoms with van der Waals surface area (Å²) in [5, 5.41) is 38.5. The van der Waals surface area contributed by atoms with Gasteiger partial charge in [0.05, 0.1) is 25.0 Å². The monoisotopic (exact) mass is 402 g/mol. The maximum Gasteiger partial charge on any atom is 0.307 e. The van der Waals surface area contributed by atoms with Gasteiger partial charge in [0.1, 0.15) is 0 Å². The van der Waals surface area contributed by atoms with E-state index < -0.39 is 23.8 Å². The Hall–Kier alpha value is -0.990. The number of allylic oxidation sites excluding steroid dienone is 2. The number of hydrogen-bond acceptors (Lipinski definition) is 6. The van der Waals surface area contributed by atoms with E-state index in [0.29, 0.717) is 32.1 Å². The average molecular weight is 403 g/mol. The minimum atomic E-state index is -1.92. The van der Waals surface area contributed by atoms with Crippen LogP contribution >= 0.6 is 0 Å². The van der Waals surface area contributed by atoms with Gasteiger partial charge >= 0.3 is 5.97 Å². The third kappa shape index (κ3) is 6.81. The maximum absolute atomic E-state index is 11.8. The van der Waals surface area contributed by atoms with E-state index >= 15 is 0 Å². The van der Waals surface area contributed by atoms with Gasteiger partial charge in [0.2, 0.25) is 0 Å². The van der Waals surface area contributed by atoms with Crippen LogP contribution in [0.15, 0.2) is 12.2 Å². The maximum atomic E-state index is 11.8. The van der Waals surface area contributed by atoms with Crippen LogP contribution in [0.4, 0.5) is 0 Å². The summed E-state index contributed by atoms with van der Waals surface area (Å²) in [6.07, 6.45) is 8.76. The van der Waals surface area contributed by atoms with E-state index in [4.69, 9.17) is 19.7 Å². The molecule has 0 aromatic rings. The molecular formula is C21H38O7. The molecule has 2 rings (SSSR count). The smallest absolute Gasteiger partial charge is 0.307 e. The van der Waals surface area contributed by atoms with E-state index in [9.17, 15) is 15.0 Å². The Bertz CT molecular complexity index is 452. The van der Waals surface area contributed by atoms with Gasteiger partial charge in [-0.05, 0) is 56.8 Å². The summed E-state index contributed by atoms with van der Waals surface area (Å²) in [5.41, 5.74) is 0. The topological polar surface area (TPSA) is 116 Å². The summed E-state index contributed by atoms with van der Waals surface area (Å²) in [6.45, 7) is 4.72. The van der Waals surface area contributed by atoms with Gasteiger partial charge in [-0.25, -0.2) is 0 Å². The van der Waals surface area contributed by atoms with Gasteiger partial charge in [-0.2, -0.15) is 0 Å². The normalized spacial score (nSPS) is 25.6. The number of aliphatic hydroxyl groups is 3. The molecule has 0 saturated heterocycles. The SMILES string of the molecule is CC.O=C(O)C1C2C=CC(C2)C1C(O)(OCCCCCO)OCCCCCO. The number of ether oxygens (including phenoxy) is 2. The average Bonchev–Trinajstić information content (AvgIpc) is 3.31. The summed E-state index contributed by atoms with van der Waals surface area (Å²) in [7, 11) is 0. The molecule has 4 N–H and O–H groups in total. The van der Waals surface area contributed by atoms with Crippen molar-refractivity contribution in [3.63, 3.8) is 0 Å². The minimum absolute atomic E-state index is 0.0685. The number of aliphatic carboxylic acids is 1. The van der Waals surface area contributed by atoms with Gasteiger partial charge in [-0.1, -0.05) is 26.0 Å². The molecule has 1 fully saturated rings. The molecule has 4 unspecified atom stereocenters. The molecule has 164 valence electrons. The van der Waals surface area contributed by atoms with E-state index in [2.05, 4.69) is 0 Å². The van der Waals surface area contributed by atoms with Crippen LogP contribution in [-0.4, -0.2) is 58.8 Å². The first-order valence-corrected chi connectivity index (χ1v) is 10.7. The van der Waals surface area contributed by atoms with Crippen molar-refractivity contribution in [2.45, 2.75) is 64.8 Å². The number of carbonyl (C=O) groups is 1. The molecule has 0 aromatic heterocycles. The van der Waals surface area contributed by atoms with Gasteiger partial charge in [-0.15, -0.1) is 0 Å². The van der Waals surface area contributed by atoms with Crippen molar-refractivity contribution in [3.8, 4) is 0 Å². The highest BCUT2D eigenvalue weighted by atomic mass is 16.8. The lowest BCUT2D eigenvalue weighted by atomic mass is 9.81. The van der Waals surface area contributed by atoms with Gasteiger partial charge in [-0.3, -0.25) is 4.79 Å². The molecule has 0 radical (unpaired) electrons. The first-order valence-electron chi connectivity index (χ1n) is 10.7. The van der Waals surface area contributed by atoms with Crippen LogP contribution in [0.5, 0.6) is 0 Å².